The van der Waals surface area contributed by atoms with E-state index in [2.05, 4.69) is 25.9 Å². The molecule has 2 aliphatic rings. The Morgan fingerprint density at radius 2 is 1.57 bits per heavy atom. The molecule has 6 nitrogen and oxygen atoms in total. The Bertz CT molecular complexity index is 550. The van der Waals surface area contributed by atoms with Crippen molar-refractivity contribution in [2.75, 3.05) is 30.7 Å². The summed E-state index contributed by atoms with van der Waals surface area (Å²) < 4.78 is 0. The van der Waals surface area contributed by atoms with Crippen LogP contribution in [0.4, 0.5) is 11.8 Å². The van der Waals surface area contributed by atoms with Crippen molar-refractivity contribution in [3.63, 3.8) is 0 Å². The van der Waals surface area contributed by atoms with E-state index in [4.69, 9.17) is 17.3 Å². The van der Waals surface area contributed by atoms with Crippen molar-refractivity contribution in [1.29, 1.82) is 0 Å². The Kier molecular flexibility index (Phi) is 9.09. The molecule has 28 heavy (non-hydrogen) atoms. The highest BCUT2D eigenvalue weighted by Gasteiger charge is 2.20. The predicted molar refractivity (Wildman–Crippen MR) is 118 cm³/mol. The average Bonchev–Trinajstić information content (AvgIpc) is 2.69. The number of hydrogen-bond donors (Lipinski definition) is 4. The predicted octanol–water partition coefficient (Wildman–Crippen LogP) is 3.98. The molecule has 0 atom stereocenters. The minimum Gasteiger partial charge on any atom is -0.383 e. The van der Waals surface area contributed by atoms with Crippen molar-refractivity contribution in [2.45, 2.75) is 82.7 Å². The van der Waals surface area contributed by atoms with Crippen molar-refractivity contribution in [3.05, 3.63) is 11.2 Å². The Morgan fingerprint density at radius 1 is 0.893 bits per heavy atom. The lowest BCUT2D eigenvalue weighted by Gasteiger charge is -2.29. The van der Waals surface area contributed by atoms with E-state index in [1.165, 1.54) is 64.2 Å². The van der Waals surface area contributed by atoms with Gasteiger partial charge in [0.1, 0.15) is 11.0 Å². The van der Waals surface area contributed by atoms with Gasteiger partial charge in [-0.15, -0.1) is 0 Å². The summed E-state index contributed by atoms with van der Waals surface area (Å²) in [7, 11) is 0. The summed E-state index contributed by atoms with van der Waals surface area (Å²) in [4.78, 5) is 8.32. The zero-order valence-electron chi connectivity index (χ0n) is 17.1. The fourth-order valence-corrected chi connectivity index (χ4v) is 4.76. The quantitative estimate of drug-likeness (QED) is 0.346. The van der Waals surface area contributed by atoms with Crippen LogP contribution < -0.4 is 21.7 Å². The minimum atomic E-state index is 0.385. The summed E-state index contributed by atoms with van der Waals surface area (Å²) in [6, 6.07) is 3.05. The van der Waals surface area contributed by atoms with Crippen molar-refractivity contribution < 1.29 is 0 Å². The van der Waals surface area contributed by atoms with Gasteiger partial charge in [-0.3, -0.25) is 0 Å². The third-order valence-corrected chi connectivity index (χ3v) is 6.42. The molecule has 7 heteroatoms. The lowest BCUT2D eigenvalue weighted by molar-refractivity contribution is 0.282. The summed E-state index contributed by atoms with van der Waals surface area (Å²) in [6.07, 6.45) is 14.6. The molecule has 2 saturated carbocycles. The maximum atomic E-state index is 5.91. The second kappa shape index (κ2) is 11.8. The van der Waals surface area contributed by atoms with Gasteiger partial charge in [0.15, 0.2) is 0 Å². The van der Waals surface area contributed by atoms with Crippen LogP contribution in [0, 0.1) is 5.92 Å². The van der Waals surface area contributed by atoms with Crippen LogP contribution in [0.5, 0.6) is 0 Å². The lowest BCUT2D eigenvalue weighted by atomic mass is 9.84. The standard InChI is InChI=1S/C21H37ClN6/c22-19-15-20(23)28-21(27-19)26-14-11-16-7-9-18(10-8-16)25-13-4-12-24-17-5-2-1-3-6-17/h15-18,24-25H,1-14H2,(H3,23,26,27,28). The number of aromatic nitrogens is 2. The first kappa shape index (κ1) is 21.6. The molecule has 1 heterocycles. The van der Waals surface area contributed by atoms with Gasteiger partial charge in [0, 0.05) is 24.7 Å². The summed E-state index contributed by atoms with van der Waals surface area (Å²) in [5.41, 5.74) is 5.70. The monoisotopic (exact) mass is 408 g/mol. The van der Waals surface area contributed by atoms with Crippen molar-refractivity contribution in [3.8, 4) is 0 Å². The zero-order valence-corrected chi connectivity index (χ0v) is 17.8. The van der Waals surface area contributed by atoms with E-state index in [1.54, 1.807) is 6.07 Å². The smallest absolute Gasteiger partial charge is 0.226 e. The Morgan fingerprint density at radius 3 is 2.25 bits per heavy atom. The van der Waals surface area contributed by atoms with E-state index < -0.39 is 0 Å². The maximum Gasteiger partial charge on any atom is 0.226 e. The molecule has 158 valence electrons. The first-order chi connectivity index (χ1) is 13.7. The molecule has 0 saturated heterocycles. The number of nitrogen functional groups attached to an aromatic ring is 1. The third-order valence-electron chi connectivity index (χ3n) is 6.22. The molecule has 0 aliphatic heterocycles. The zero-order chi connectivity index (χ0) is 19.6. The average molecular weight is 409 g/mol. The Hall–Kier alpha value is -1.11. The molecule has 2 fully saturated rings. The van der Waals surface area contributed by atoms with E-state index >= 15 is 0 Å². The number of anilines is 2. The fourth-order valence-electron chi connectivity index (χ4n) is 4.56. The molecule has 3 rings (SSSR count). The molecule has 1 aromatic rings. The molecule has 1 aromatic heterocycles. The molecule has 0 bridgehead atoms. The number of nitrogens with zero attached hydrogens (tertiary/aromatic N) is 2. The van der Waals surface area contributed by atoms with Crippen LogP contribution in [-0.4, -0.2) is 41.7 Å². The van der Waals surface area contributed by atoms with Gasteiger partial charge in [0.2, 0.25) is 5.95 Å². The van der Waals surface area contributed by atoms with Crippen molar-refractivity contribution in [2.24, 2.45) is 5.92 Å². The maximum absolute atomic E-state index is 5.91. The van der Waals surface area contributed by atoms with Crippen LogP contribution in [0.25, 0.3) is 0 Å². The van der Waals surface area contributed by atoms with Crippen LogP contribution in [0.1, 0.15) is 70.6 Å². The Balaban J connectivity index is 1.20. The molecular weight excluding hydrogens is 372 g/mol. The van der Waals surface area contributed by atoms with Crippen LogP contribution in [-0.2, 0) is 0 Å². The highest BCUT2D eigenvalue weighted by molar-refractivity contribution is 6.29. The van der Waals surface area contributed by atoms with Crippen LogP contribution in [0.15, 0.2) is 6.07 Å². The van der Waals surface area contributed by atoms with Gasteiger partial charge in [0.25, 0.3) is 0 Å². The second-order valence-corrected chi connectivity index (χ2v) is 8.86. The van der Waals surface area contributed by atoms with Gasteiger partial charge in [0.05, 0.1) is 0 Å². The normalized spacial score (nSPS) is 23.6. The number of rotatable bonds is 10. The number of nitrogens with two attached hydrogens (primary N) is 1. The van der Waals surface area contributed by atoms with Gasteiger partial charge >= 0.3 is 0 Å². The number of nitrogens with one attached hydrogen (secondary N) is 3. The first-order valence-electron chi connectivity index (χ1n) is 11.2. The molecule has 0 aromatic carbocycles. The molecule has 5 N–H and O–H groups in total. The van der Waals surface area contributed by atoms with Crippen molar-refractivity contribution >= 4 is 23.4 Å². The van der Waals surface area contributed by atoms with Gasteiger partial charge in [-0.25, -0.2) is 4.98 Å². The minimum absolute atomic E-state index is 0.385. The number of halogens is 1. The van der Waals surface area contributed by atoms with Gasteiger partial charge in [-0.1, -0.05) is 30.9 Å². The molecular formula is C21H37ClN6. The van der Waals surface area contributed by atoms with Crippen LogP contribution >= 0.6 is 11.6 Å². The highest BCUT2D eigenvalue weighted by Crippen LogP contribution is 2.27. The summed E-state index contributed by atoms with van der Waals surface area (Å²) >= 11 is 5.91. The van der Waals surface area contributed by atoms with E-state index in [0.717, 1.165) is 38.0 Å². The fraction of sp³-hybridized carbons (Fsp3) is 0.810. The van der Waals surface area contributed by atoms with Gasteiger partial charge in [-0.2, -0.15) is 4.98 Å². The number of hydrogen-bond acceptors (Lipinski definition) is 6. The third kappa shape index (κ3) is 7.72. The van der Waals surface area contributed by atoms with Gasteiger partial charge < -0.3 is 21.7 Å². The lowest BCUT2D eigenvalue weighted by Crippen LogP contribution is -2.37. The van der Waals surface area contributed by atoms with E-state index in [9.17, 15) is 0 Å². The molecule has 2 aliphatic carbocycles. The van der Waals surface area contributed by atoms with E-state index in [-0.39, 0.29) is 0 Å². The topological polar surface area (TPSA) is 87.9 Å². The Labute approximate surface area is 174 Å². The van der Waals surface area contributed by atoms with Crippen molar-refractivity contribution in [1.82, 2.24) is 20.6 Å². The molecule has 0 spiro atoms. The van der Waals surface area contributed by atoms with E-state index in [1.807, 2.05) is 0 Å². The van der Waals surface area contributed by atoms with Crippen LogP contribution in [0.3, 0.4) is 0 Å². The SMILES string of the molecule is Nc1cc(Cl)nc(NCCC2CCC(NCCCNC3CCCCC3)CC2)n1. The summed E-state index contributed by atoms with van der Waals surface area (Å²) in [5, 5.41) is 11.1. The largest absolute Gasteiger partial charge is 0.383 e. The highest BCUT2D eigenvalue weighted by atomic mass is 35.5. The second-order valence-electron chi connectivity index (χ2n) is 8.47. The summed E-state index contributed by atoms with van der Waals surface area (Å²) in [6.45, 7) is 3.17. The molecule has 0 unspecified atom stereocenters. The molecule has 0 radical (unpaired) electrons. The summed E-state index contributed by atoms with van der Waals surface area (Å²) in [5.74, 6) is 1.72. The van der Waals surface area contributed by atoms with Gasteiger partial charge in [-0.05, 0) is 70.4 Å². The van der Waals surface area contributed by atoms with Crippen LogP contribution in [0.2, 0.25) is 5.15 Å². The van der Waals surface area contributed by atoms with E-state index in [0.29, 0.717) is 23.0 Å². The first-order valence-corrected chi connectivity index (χ1v) is 11.6. The molecule has 0 amide bonds.